The van der Waals surface area contributed by atoms with Crippen molar-refractivity contribution in [3.63, 3.8) is 0 Å². The standard InChI is InChI=1S/C13H15N7S/c1-19(2)13-17-10(16-12(14)18-13)8-20-6-5-15-11(20)9-4-3-7-21-9/h3-7H,8H2,1-2H3,(H2,14,16,17,18). The van der Waals surface area contributed by atoms with E-state index in [1.165, 1.54) is 0 Å². The number of rotatable bonds is 4. The third kappa shape index (κ3) is 2.84. The number of imidazole rings is 1. The molecule has 0 fully saturated rings. The summed E-state index contributed by atoms with van der Waals surface area (Å²) < 4.78 is 2.00. The maximum Gasteiger partial charge on any atom is 0.229 e. The number of nitrogens with zero attached hydrogens (tertiary/aromatic N) is 6. The number of thiophene rings is 1. The lowest BCUT2D eigenvalue weighted by Crippen LogP contribution is -2.17. The Bertz CT molecular complexity index is 733. The Labute approximate surface area is 126 Å². The van der Waals surface area contributed by atoms with Gasteiger partial charge in [-0.3, -0.25) is 0 Å². The summed E-state index contributed by atoms with van der Waals surface area (Å²) in [6, 6.07) is 4.04. The molecule has 0 aliphatic rings. The zero-order chi connectivity index (χ0) is 14.8. The molecule has 3 aromatic heterocycles. The first-order chi connectivity index (χ1) is 10.1. The highest BCUT2D eigenvalue weighted by atomic mass is 32.1. The highest BCUT2D eigenvalue weighted by molar-refractivity contribution is 7.13. The minimum atomic E-state index is 0.224. The van der Waals surface area contributed by atoms with Crippen LogP contribution in [-0.2, 0) is 6.54 Å². The molecule has 0 unspecified atom stereocenters. The Morgan fingerprint density at radius 1 is 1.29 bits per heavy atom. The van der Waals surface area contributed by atoms with Crippen molar-refractivity contribution in [3.8, 4) is 10.7 Å². The van der Waals surface area contributed by atoms with E-state index in [1.807, 2.05) is 42.4 Å². The van der Waals surface area contributed by atoms with Crippen molar-refractivity contribution in [1.29, 1.82) is 0 Å². The van der Waals surface area contributed by atoms with Gasteiger partial charge in [0.15, 0.2) is 5.82 Å². The minimum Gasteiger partial charge on any atom is -0.368 e. The SMILES string of the molecule is CN(C)c1nc(N)nc(Cn2ccnc2-c2cccs2)n1. The lowest BCUT2D eigenvalue weighted by Gasteiger charge is -2.12. The van der Waals surface area contributed by atoms with Crippen LogP contribution in [0.2, 0.25) is 0 Å². The number of nitrogens with two attached hydrogens (primary N) is 1. The van der Waals surface area contributed by atoms with Gasteiger partial charge in [-0.05, 0) is 11.4 Å². The average molecular weight is 301 g/mol. The molecule has 0 saturated heterocycles. The maximum atomic E-state index is 5.75. The fraction of sp³-hybridized carbons (Fsp3) is 0.231. The third-order valence-corrected chi connectivity index (χ3v) is 3.72. The normalized spacial score (nSPS) is 10.8. The molecular weight excluding hydrogens is 286 g/mol. The summed E-state index contributed by atoms with van der Waals surface area (Å²) in [7, 11) is 3.74. The molecule has 0 aliphatic heterocycles. The van der Waals surface area contributed by atoms with Gasteiger partial charge in [0.2, 0.25) is 11.9 Å². The average Bonchev–Trinajstić information content (AvgIpc) is 3.08. The molecule has 0 aliphatic carbocycles. The quantitative estimate of drug-likeness (QED) is 0.786. The van der Waals surface area contributed by atoms with Crippen LogP contribution in [0.5, 0.6) is 0 Å². The van der Waals surface area contributed by atoms with Gasteiger partial charge in [-0.25, -0.2) is 4.98 Å². The molecule has 0 amide bonds. The maximum absolute atomic E-state index is 5.75. The summed E-state index contributed by atoms with van der Waals surface area (Å²) in [5.74, 6) is 2.29. The predicted octanol–water partition coefficient (Wildman–Crippen LogP) is 1.49. The van der Waals surface area contributed by atoms with Crippen LogP contribution in [0.1, 0.15) is 5.82 Å². The summed E-state index contributed by atoms with van der Waals surface area (Å²) in [5.41, 5.74) is 5.75. The van der Waals surface area contributed by atoms with Gasteiger partial charge in [-0.15, -0.1) is 11.3 Å². The highest BCUT2D eigenvalue weighted by Crippen LogP contribution is 2.23. The Balaban J connectivity index is 1.93. The molecule has 0 bridgehead atoms. The number of hydrogen-bond acceptors (Lipinski definition) is 7. The lowest BCUT2D eigenvalue weighted by molar-refractivity contribution is 0.741. The molecule has 8 heteroatoms. The molecule has 2 N–H and O–H groups in total. The first kappa shape index (κ1) is 13.5. The summed E-state index contributed by atoms with van der Waals surface area (Å²) in [5, 5.41) is 2.03. The van der Waals surface area contributed by atoms with Crippen molar-refractivity contribution in [1.82, 2.24) is 24.5 Å². The lowest BCUT2D eigenvalue weighted by atomic mass is 10.4. The molecule has 21 heavy (non-hydrogen) atoms. The molecule has 108 valence electrons. The highest BCUT2D eigenvalue weighted by Gasteiger charge is 2.11. The second-order valence-electron chi connectivity index (χ2n) is 4.66. The second kappa shape index (κ2) is 5.49. The van der Waals surface area contributed by atoms with Gasteiger partial charge in [0.05, 0.1) is 11.4 Å². The van der Waals surface area contributed by atoms with Crippen LogP contribution in [0.3, 0.4) is 0 Å². The fourth-order valence-electron chi connectivity index (χ4n) is 1.92. The van der Waals surface area contributed by atoms with Crippen molar-refractivity contribution in [2.24, 2.45) is 0 Å². The van der Waals surface area contributed by atoms with Crippen molar-refractivity contribution in [2.75, 3.05) is 24.7 Å². The van der Waals surface area contributed by atoms with Crippen LogP contribution in [0, 0.1) is 0 Å². The Kier molecular flexibility index (Phi) is 3.53. The number of nitrogen functional groups attached to an aromatic ring is 1. The molecule has 0 aromatic carbocycles. The molecule has 0 atom stereocenters. The summed E-state index contributed by atoms with van der Waals surface area (Å²) in [6.45, 7) is 0.501. The first-order valence-corrected chi connectivity index (χ1v) is 7.24. The molecule has 3 rings (SSSR count). The van der Waals surface area contributed by atoms with Crippen LogP contribution < -0.4 is 10.6 Å². The van der Waals surface area contributed by atoms with E-state index in [1.54, 1.807) is 22.4 Å². The van der Waals surface area contributed by atoms with E-state index >= 15 is 0 Å². The van der Waals surface area contributed by atoms with Crippen LogP contribution >= 0.6 is 11.3 Å². The van der Waals surface area contributed by atoms with E-state index in [9.17, 15) is 0 Å². The minimum absolute atomic E-state index is 0.224. The Morgan fingerprint density at radius 2 is 2.14 bits per heavy atom. The van der Waals surface area contributed by atoms with Gasteiger partial charge in [-0.2, -0.15) is 15.0 Å². The number of hydrogen-bond donors (Lipinski definition) is 1. The van der Waals surface area contributed by atoms with Crippen LogP contribution in [0.25, 0.3) is 10.7 Å². The zero-order valence-corrected chi connectivity index (χ0v) is 12.6. The predicted molar refractivity (Wildman–Crippen MR) is 83.2 cm³/mol. The molecule has 3 heterocycles. The monoisotopic (exact) mass is 301 g/mol. The smallest absolute Gasteiger partial charge is 0.229 e. The van der Waals surface area contributed by atoms with E-state index < -0.39 is 0 Å². The summed E-state index contributed by atoms with van der Waals surface area (Å²) in [4.78, 5) is 20.0. The van der Waals surface area contributed by atoms with Gasteiger partial charge in [-0.1, -0.05) is 6.07 Å². The van der Waals surface area contributed by atoms with E-state index in [-0.39, 0.29) is 5.95 Å². The van der Waals surface area contributed by atoms with Crippen LogP contribution in [0.4, 0.5) is 11.9 Å². The van der Waals surface area contributed by atoms with Gasteiger partial charge < -0.3 is 15.2 Å². The molecule has 0 saturated carbocycles. The van der Waals surface area contributed by atoms with Crippen molar-refractivity contribution in [3.05, 3.63) is 35.7 Å². The van der Waals surface area contributed by atoms with Gasteiger partial charge >= 0.3 is 0 Å². The van der Waals surface area contributed by atoms with Crippen LogP contribution in [-0.4, -0.2) is 38.6 Å². The van der Waals surface area contributed by atoms with Crippen molar-refractivity contribution in [2.45, 2.75) is 6.54 Å². The molecule has 0 spiro atoms. The largest absolute Gasteiger partial charge is 0.368 e. The third-order valence-electron chi connectivity index (χ3n) is 2.86. The molecular formula is C13H15N7S. The van der Waals surface area contributed by atoms with Gasteiger partial charge in [0.25, 0.3) is 0 Å². The Hall–Kier alpha value is -2.48. The van der Waals surface area contributed by atoms with Gasteiger partial charge in [0.1, 0.15) is 5.82 Å². The second-order valence-corrected chi connectivity index (χ2v) is 5.61. The van der Waals surface area contributed by atoms with E-state index in [4.69, 9.17) is 5.73 Å². The van der Waals surface area contributed by atoms with E-state index in [0.717, 1.165) is 10.7 Å². The summed E-state index contributed by atoms with van der Waals surface area (Å²) >= 11 is 1.65. The number of anilines is 2. The van der Waals surface area contributed by atoms with E-state index in [0.29, 0.717) is 18.3 Å². The van der Waals surface area contributed by atoms with Gasteiger partial charge in [0, 0.05) is 26.5 Å². The van der Waals surface area contributed by atoms with Crippen molar-refractivity contribution >= 4 is 23.2 Å². The first-order valence-electron chi connectivity index (χ1n) is 6.36. The molecule has 0 radical (unpaired) electrons. The fourth-order valence-corrected chi connectivity index (χ4v) is 2.65. The summed E-state index contributed by atoms with van der Waals surface area (Å²) in [6.07, 6.45) is 3.68. The zero-order valence-electron chi connectivity index (χ0n) is 11.8. The molecule has 3 aromatic rings. The molecule has 7 nitrogen and oxygen atoms in total. The number of aromatic nitrogens is 5. The van der Waals surface area contributed by atoms with Crippen LogP contribution in [0.15, 0.2) is 29.9 Å². The topological polar surface area (TPSA) is 85.8 Å². The Morgan fingerprint density at radius 3 is 2.86 bits per heavy atom. The van der Waals surface area contributed by atoms with Crippen molar-refractivity contribution < 1.29 is 0 Å². The van der Waals surface area contributed by atoms with E-state index in [2.05, 4.69) is 19.9 Å².